The number of aliphatic carboxylic acids is 1. The van der Waals surface area contributed by atoms with Crippen LogP contribution >= 0.6 is 0 Å². The van der Waals surface area contributed by atoms with Gasteiger partial charge in [-0.05, 0) is 12.3 Å². The number of carboxylic acid groups (broad SMARTS) is 1. The van der Waals surface area contributed by atoms with Crippen molar-refractivity contribution in [3.63, 3.8) is 0 Å². The molecular formula is C13H19NO3. The molecule has 0 aromatic heterocycles. The van der Waals surface area contributed by atoms with Crippen LogP contribution < -0.4 is 0 Å². The quantitative estimate of drug-likeness (QED) is 0.751. The molecule has 0 aromatic carbocycles. The Balaban J connectivity index is 2.71. The van der Waals surface area contributed by atoms with Crippen LogP contribution in [0, 0.1) is 23.7 Å². The lowest BCUT2D eigenvalue weighted by atomic mass is 9.76. The second kappa shape index (κ2) is 5.22. The van der Waals surface area contributed by atoms with Crippen LogP contribution in [-0.2, 0) is 9.59 Å². The highest BCUT2D eigenvalue weighted by Gasteiger charge is 2.48. The molecule has 1 N–H and O–H groups in total. The number of nitrogens with zero attached hydrogens (tertiary/aromatic N) is 1. The molecule has 0 spiro atoms. The molecule has 0 radical (unpaired) electrons. The van der Waals surface area contributed by atoms with Gasteiger partial charge in [0.15, 0.2) is 0 Å². The molecule has 17 heavy (non-hydrogen) atoms. The van der Waals surface area contributed by atoms with Crippen molar-refractivity contribution >= 4 is 11.9 Å². The highest BCUT2D eigenvalue weighted by Crippen LogP contribution is 2.38. The molecule has 94 valence electrons. The fourth-order valence-corrected chi connectivity index (χ4v) is 2.28. The summed E-state index contributed by atoms with van der Waals surface area (Å²) in [5, 5.41) is 9.34. The Bertz CT molecular complexity index is 356. The fourth-order valence-electron chi connectivity index (χ4n) is 2.28. The van der Waals surface area contributed by atoms with E-state index in [0.29, 0.717) is 32.4 Å². The van der Waals surface area contributed by atoms with E-state index in [2.05, 4.69) is 5.92 Å². The van der Waals surface area contributed by atoms with Crippen molar-refractivity contribution in [3.05, 3.63) is 0 Å². The van der Waals surface area contributed by atoms with Crippen LogP contribution in [-0.4, -0.2) is 35.0 Å². The van der Waals surface area contributed by atoms with E-state index in [4.69, 9.17) is 6.42 Å². The molecule has 0 saturated carbocycles. The normalized spacial score (nSPS) is 23.8. The zero-order chi connectivity index (χ0) is 13.1. The second-order valence-electron chi connectivity index (χ2n) is 4.89. The first-order valence-corrected chi connectivity index (χ1v) is 5.88. The molecule has 1 aliphatic heterocycles. The number of rotatable bonds is 4. The van der Waals surface area contributed by atoms with Gasteiger partial charge in [0, 0.05) is 25.9 Å². The van der Waals surface area contributed by atoms with Crippen LogP contribution in [0.15, 0.2) is 0 Å². The average Bonchev–Trinajstić information content (AvgIpc) is 2.72. The summed E-state index contributed by atoms with van der Waals surface area (Å²) in [6.07, 6.45) is 6.36. The maximum absolute atomic E-state index is 11.8. The second-order valence-corrected chi connectivity index (χ2v) is 4.89. The van der Waals surface area contributed by atoms with Gasteiger partial charge in [0.2, 0.25) is 5.91 Å². The molecule has 4 heteroatoms. The van der Waals surface area contributed by atoms with Crippen LogP contribution in [0.2, 0.25) is 0 Å². The topological polar surface area (TPSA) is 57.6 Å². The zero-order valence-electron chi connectivity index (χ0n) is 10.4. The molecule has 1 amide bonds. The Kier molecular flexibility index (Phi) is 4.17. The molecule has 1 atom stereocenters. The Hall–Kier alpha value is -1.50. The Morgan fingerprint density at radius 1 is 1.53 bits per heavy atom. The minimum absolute atomic E-state index is 0.0189. The van der Waals surface area contributed by atoms with Crippen LogP contribution in [0.25, 0.3) is 0 Å². The van der Waals surface area contributed by atoms with Crippen LogP contribution in [0.4, 0.5) is 0 Å². The Morgan fingerprint density at radius 3 is 2.59 bits per heavy atom. The van der Waals surface area contributed by atoms with E-state index in [1.807, 2.05) is 13.8 Å². The predicted molar refractivity (Wildman–Crippen MR) is 64.2 cm³/mol. The third kappa shape index (κ3) is 2.60. The minimum Gasteiger partial charge on any atom is -0.481 e. The smallest absolute Gasteiger partial charge is 0.311 e. The van der Waals surface area contributed by atoms with Crippen molar-refractivity contribution in [2.75, 3.05) is 13.1 Å². The molecule has 0 bridgehead atoms. The number of carboxylic acids is 1. The summed E-state index contributed by atoms with van der Waals surface area (Å²) in [5.74, 6) is 1.60. The summed E-state index contributed by atoms with van der Waals surface area (Å²) >= 11 is 0. The summed E-state index contributed by atoms with van der Waals surface area (Å²) < 4.78 is 0. The van der Waals surface area contributed by atoms with Crippen molar-refractivity contribution in [2.24, 2.45) is 11.3 Å². The van der Waals surface area contributed by atoms with Gasteiger partial charge >= 0.3 is 5.97 Å². The number of amides is 1. The molecule has 1 aliphatic rings. The van der Waals surface area contributed by atoms with E-state index in [1.54, 1.807) is 4.90 Å². The van der Waals surface area contributed by atoms with Gasteiger partial charge in [0.25, 0.3) is 0 Å². The Morgan fingerprint density at radius 2 is 2.18 bits per heavy atom. The molecule has 1 heterocycles. The van der Waals surface area contributed by atoms with E-state index >= 15 is 0 Å². The molecule has 1 unspecified atom stereocenters. The fraction of sp³-hybridized carbons (Fsp3) is 0.692. The molecule has 1 rings (SSSR count). The molecule has 1 saturated heterocycles. The average molecular weight is 237 g/mol. The van der Waals surface area contributed by atoms with Crippen molar-refractivity contribution in [2.45, 2.75) is 33.1 Å². The number of likely N-dealkylation sites (tertiary alicyclic amines) is 1. The number of carbonyl (C=O) groups excluding carboxylic acids is 1. The van der Waals surface area contributed by atoms with E-state index in [0.717, 1.165) is 0 Å². The number of carbonyl (C=O) groups is 2. The summed E-state index contributed by atoms with van der Waals surface area (Å²) in [6, 6.07) is 0. The van der Waals surface area contributed by atoms with Gasteiger partial charge in [0.1, 0.15) is 0 Å². The van der Waals surface area contributed by atoms with Gasteiger partial charge in [-0.3, -0.25) is 9.59 Å². The lowest BCUT2D eigenvalue weighted by Crippen LogP contribution is -2.40. The van der Waals surface area contributed by atoms with Gasteiger partial charge in [-0.1, -0.05) is 13.8 Å². The summed E-state index contributed by atoms with van der Waals surface area (Å²) in [7, 11) is 0. The van der Waals surface area contributed by atoms with E-state index in [9.17, 15) is 14.7 Å². The number of hydrogen-bond donors (Lipinski definition) is 1. The largest absolute Gasteiger partial charge is 0.481 e. The third-order valence-corrected chi connectivity index (χ3v) is 3.67. The summed E-state index contributed by atoms with van der Waals surface area (Å²) in [6.45, 7) is 4.62. The maximum Gasteiger partial charge on any atom is 0.311 e. The van der Waals surface area contributed by atoms with Gasteiger partial charge in [-0.25, -0.2) is 0 Å². The number of hydrogen-bond acceptors (Lipinski definition) is 2. The van der Waals surface area contributed by atoms with E-state index in [-0.39, 0.29) is 11.8 Å². The first kappa shape index (κ1) is 13.6. The lowest BCUT2D eigenvalue weighted by Gasteiger charge is -2.28. The van der Waals surface area contributed by atoms with Crippen molar-refractivity contribution in [3.8, 4) is 12.3 Å². The third-order valence-electron chi connectivity index (χ3n) is 3.67. The van der Waals surface area contributed by atoms with Crippen molar-refractivity contribution < 1.29 is 14.7 Å². The number of terminal acetylenes is 1. The van der Waals surface area contributed by atoms with Crippen LogP contribution in [0.3, 0.4) is 0 Å². The summed E-state index contributed by atoms with van der Waals surface area (Å²) in [4.78, 5) is 24.8. The molecule has 1 fully saturated rings. The minimum atomic E-state index is -0.806. The predicted octanol–water partition coefficient (Wildman–Crippen LogP) is 1.36. The first-order chi connectivity index (χ1) is 7.94. The van der Waals surface area contributed by atoms with Crippen LogP contribution in [0.1, 0.15) is 33.1 Å². The summed E-state index contributed by atoms with van der Waals surface area (Å²) in [5.41, 5.74) is -0.786. The molecule has 4 nitrogen and oxygen atoms in total. The molecule has 0 aliphatic carbocycles. The van der Waals surface area contributed by atoms with Gasteiger partial charge in [-0.15, -0.1) is 12.3 Å². The van der Waals surface area contributed by atoms with Crippen molar-refractivity contribution in [1.82, 2.24) is 4.90 Å². The Labute approximate surface area is 102 Å². The molecular weight excluding hydrogens is 218 g/mol. The monoisotopic (exact) mass is 237 g/mol. The van der Waals surface area contributed by atoms with Gasteiger partial charge < -0.3 is 10.0 Å². The zero-order valence-corrected chi connectivity index (χ0v) is 10.4. The highest BCUT2D eigenvalue weighted by molar-refractivity contribution is 5.81. The van der Waals surface area contributed by atoms with E-state index < -0.39 is 11.4 Å². The van der Waals surface area contributed by atoms with Crippen LogP contribution in [0.5, 0.6) is 0 Å². The first-order valence-electron chi connectivity index (χ1n) is 5.88. The van der Waals surface area contributed by atoms with E-state index in [1.165, 1.54) is 0 Å². The molecule has 0 aromatic rings. The van der Waals surface area contributed by atoms with Gasteiger partial charge in [-0.2, -0.15) is 0 Å². The SMILES string of the molecule is C#CCCC(=O)N1CCC(C(=O)O)(C(C)C)C1. The maximum atomic E-state index is 11.8. The van der Waals surface area contributed by atoms with Crippen molar-refractivity contribution in [1.29, 1.82) is 0 Å². The standard InChI is InChI=1S/C13H19NO3/c1-4-5-6-11(15)14-8-7-13(9-14,10(2)3)12(16)17/h1,10H,5-9H2,2-3H3,(H,16,17). The lowest BCUT2D eigenvalue weighted by molar-refractivity contribution is -0.151. The highest BCUT2D eigenvalue weighted by atomic mass is 16.4. The van der Waals surface area contributed by atoms with Gasteiger partial charge in [0.05, 0.1) is 5.41 Å².